The maximum atomic E-state index is 13.5. The molecule has 0 radical (unpaired) electrons. The number of carbonyl (C=O) groups excluding carboxylic acids is 1. The highest BCUT2D eigenvalue weighted by atomic mass is 35.5. The maximum absolute atomic E-state index is 13.5. The average Bonchev–Trinajstić information content (AvgIpc) is 3.03. The van der Waals surface area contributed by atoms with Crippen molar-refractivity contribution in [3.8, 4) is 0 Å². The molecule has 0 bridgehead atoms. The molecule has 0 saturated carbocycles. The average molecular weight is 445 g/mol. The first-order valence-electron chi connectivity index (χ1n) is 8.87. The van der Waals surface area contributed by atoms with Crippen molar-refractivity contribution in [3.63, 3.8) is 0 Å². The van der Waals surface area contributed by atoms with E-state index in [1.165, 1.54) is 6.07 Å². The maximum Gasteiger partial charge on any atom is 0.505 e. The Kier molecular flexibility index (Phi) is 6.39. The van der Waals surface area contributed by atoms with E-state index in [1.807, 2.05) is 0 Å². The van der Waals surface area contributed by atoms with E-state index in [0.29, 0.717) is 27.4 Å². The van der Waals surface area contributed by atoms with E-state index in [2.05, 4.69) is 5.10 Å². The fourth-order valence-corrected chi connectivity index (χ4v) is 3.64. The first-order chi connectivity index (χ1) is 13.7. The highest BCUT2D eigenvalue weighted by molar-refractivity contribution is 6.35. The molecule has 1 aromatic heterocycles. The lowest BCUT2D eigenvalue weighted by Gasteiger charge is -2.09. The van der Waals surface area contributed by atoms with Gasteiger partial charge in [-0.2, -0.15) is 9.78 Å². The van der Waals surface area contributed by atoms with Crippen LogP contribution in [0.2, 0.25) is 10.0 Å². The summed E-state index contributed by atoms with van der Waals surface area (Å²) < 4.78 is 45.4. The number of esters is 1. The fraction of sp³-hybridized carbons (Fsp3) is 0.300. The van der Waals surface area contributed by atoms with Crippen LogP contribution < -0.4 is 0 Å². The van der Waals surface area contributed by atoms with Crippen LogP contribution in [0.15, 0.2) is 36.4 Å². The Bertz CT molecular complexity index is 1050. The highest BCUT2D eigenvalue weighted by Crippen LogP contribution is 2.33. The molecule has 0 aliphatic carbocycles. The number of hydrogen-bond acceptors (Lipinski definition) is 3. The summed E-state index contributed by atoms with van der Waals surface area (Å²) in [5.41, 5.74) is 1.46. The number of aromatic nitrogens is 2. The Morgan fingerprint density at radius 3 is 2.59 bits per heavy atom. The van der Waals surface area contributed by atoms with Crippen LogP contribution in [-0.4, -0.2) is 22.4 Å². The van der Waals surface area contributed by atoms with Crippen molar-refractivity contribution in [2.75, 3.05) is 6.61 Å². The van der Waals surface area contributed by atoms with E-state index in [0.717, 1.165) is 5.56 Å². The number of carbonyl (C=O) groups is 1. The summed E-state index contributed by atoms with van der Waals surface area (Å²) in [5.74, 6) is -0.486. The van der Waals surface area contributed by atoms with E-state index in [4.69, 9.17) is 27.9 Å². The summed E-state index contributed by atoms with van der Waals surface area (Å²) in [6, 6.07) is 9.61. The molecular formula is C20H17Cl2F3N2O2. The van der Waals surface area contributed by atoms with Gasteiger partial charge in [-0.3, -0.25) is 4.79 Å². The minimum absolute atomic E-state index is 0.0315. The van der Waals surface area contributed by atoms with Crippen LogP contribution in [0.4, 0.5) is 13.2 Å². The SMILES string of the molecule is CCOC(=O)CCc1nn(C(F)(F)F)c2cccc(Cc3ccc(Cl)cc3Cl)c12. The molecule has 154 valence electrons. The van der Waals surface area contributed by atoms with Gasteiger partial charge >= 0.3 is 12.3 Å². The second-order valence-corrected chi connectivity index (χ2v) is 7.20. The quantitative estimate of drug-likeness (QED) is 0.444. The lowest BCUT2D eigenvalue weighted by molar-refractivity contribution is -0.209. The number of rotatable bonds is 6. The van der Waals surface area contributed by atoms with Crippen molar-refractivity contribution in [1.29, 1.82) is 0 Å². The number of aryl methyl sites for hydroxylation is 1. The lowest BCUT2D eigenvalue weighted by Crippen LogP contribution is -2.18. The molecule has 2 aromatic carbocycles. The minimum atomic E-state index is -4.68. The number of nitrogens with zero attached hydrogens (tertiary/aromatic N) is 2. The second kappa shape index (κ2) is 8.63. The summed E-state index contributed by atoms with van der Waals surface area (Å²) >= 11 is 12.2. The molecular weight excluding hydrogens is 428 g/mol. The van der Waals surface area contributed by atoms with Gasteiger partial charge < -0.3 is 4.74 Å². The van der Waals surface area contributed by atoms with E-state index in [-0.39, 0.29) is 35.3 Å². The van der Waals surface area contributed by atoms with Crippen LogP contribution >= 0.6 is 23.2 Å². The van der Waals surface area contributed by atoms with Crippen molar-refractivity contribution in [3.05, 3.63) is 63.3 Å². The standard InChI is InChI=1S/C20H17Cl2F3N2O2/c1-2-29-18(28)9-8-16-19-13(10-12-6-7-14(21)11-15(12)22)4-3-5-17(19)27(26-16)20(23,24)25/h3-7,11H,2,8-10H2,1H3. The van der Waals surface area contributed by atoms with Crippen molar-refractivity contribution >= 4 is 40.1 Å². The largest absolute Gasteiger partial charge is 0.505 e. The number of ether oxygens (including phenoxy) is 1. The molecule has 9 heteroatoms. The van der Waals surface area contributed by atoms with Crippen LogP contribution in [-0.2, 0) is 28.7 Å². The first-order valence-corrected chi connectivity index (χ1v) is 9.62. The molecule has 0 saturated heterocycles. The van der Waals surface area contributed by atoms with Crippen LogP contribution in [0.25, 0.3) is 10.9 Å². The summed E-state index contributed by atoms with van der Waals surface area (Å²) in [7, 11) is 0. The molecule has 3 aromatic rings. The third-order valence-electron chi connectivity index (χ3n) is 4.37. The van der Waals surface area contributed by atoms with E-state index < -0.39 is 12.3 Å². The first kappa shape index (κ1) is 21.5. The van der Waals surface area contributed by atoms with Gasteiger partial charge in [0.1, 0.15) is 0 Å². The third-order valence-corrected chi connectivity index (χ3v) is 4.96. The van der Waals surface area contributed by atoms with Gasteiger partial charge in [-0.1, -0.05) is 41.4 Å². The molecule has 4 nitrogen and oxygen atoms in total. The van der Waals surface area contributed by atoms with Crippen LogP contribution in [0.1, 0.15) is 30.2 Å². The third kappa shape index (κ3) is 4.85. The van der Waals surface area contributed by atoms with Gasteiger partial charge in [0.25, 0.3) is 0 Å². The predicted molar refractivity (Wildman–Crippen MR) is 105 cm³/mol. The number of alkyl halides is 3. The number of fused-ring (bicyclic) bond motifs is 1. The fourth-order valence-electron chi connectivity index (χ4n) is 3.16. The molecule has 0 spiro atoms. The molecule has 3 rings (SSSR count). The summed E-state index contributed by atoms with van der Waals surface area (Å²) in [5, 5.41) is 5.01. The van der Waals surface area contributed by atoms with E-state index >= 15 is 0 Å². The highest BCUT2D eigenvalue weighted by Gasteiger charge is 2.35. The normalized spacial score (nSPS) is 11.8. The van der Waals surface area contributed by atoms with Gasteiger partial charge in [-0.25, -0.2) is 0 Å². The van der Waals surface area contributed by atoms with Gasteiger partial charge in [0.2, 0.25) is 0 Å². The van der Waals surface area contributed by atoms with E-state index in [9.17, 15) is 18.0 Å². The van der Waals surface area contributed by atoms with E-state index in [1.54, 1.807) is 37.3 Å². The lowest BCUT2D eigenvalue weighted by atomic mass is 9.99. The molecule has 0 N–H and O–H groups in total. The Labute approximate surface area is 175 Å². The Hall–Kier alpha value is -2.25. The topological polar surface area (TPSA) is 44.1 Å². The number of hydrogen-bond donors (Lipinski definition) is 0. The molecule has 0 amide bonds. The Morgan fingerprint density at radius 1 is 1.17 bits per heavy atom. The van der Waals surface area contributed by atoms with Crippen molar-refractivity contribution < 1.29 is 22.7 Å². The summed E-state index contributed by atoms with van der Waals surface area (Å²) in [6.45, 7) is 1.87. The molecule has 0 unspecified atom stereocenters. The predicted octanol–water partition coefficient (Wildman–Crippen LogP) is 5.91. The number of benzene rings is 2. The van der Waals surface area contributed by atoms with Gasteiger partial charge in [0, 0.05) is 21.9 Å². The zero-order valence-electron chi connectivity index (χ0n) is 15.4. The smallest absolute Gasteiger partial charge is 0.466 e. The summed E-state index contributed by atoms with van der Waals surface area (Å²) in [6.07, 6.45) is -4.42. The van der Waals surface area contributed by atoms with Crippen LogP contribution in [0, 0.1) is 0 Å². The van der Waals surface area contributed by atoms with Crippen LogP contribution in [0.3, 0.4) is 0 Å². The Morgan fingerprint density at radius 2 is 1.93 bits per heavy atom. The second-order valence-electron chi connectivity index (χ2n) is 6.36. The van der Waals surface area contributed by atoms with Crippen molar-refractivity contribution in [2.24, 2.45) is 0 Å². The van der Waals surface area contributed by atoms with Gasteiger partial charge in [-0.15, -0.1) is 13.2 Å². The summed E-state index contributed by atoms with van der Waals surface area (Å²) in [4.78, 5) is 11.7. The molecule has 0 atom stereocenters. The van der Waals surface area contributed by atoms with Gasteiger partial charge in [-0.05, 0) is 42.7 Å². The molecule has 0 fully saturated rings. The minimum Gasteiger partial charge on any atom is -0.466 e. The van der Waals surface area contributed by atoms with Crippen LogP contribution in [0.5, 0.6) is 0 Å². The van der Waals surface area contributed by atoms with Gasteiger partial charge in [0.15, 0.2) is 0 Å². The van der Waals surface area contributed by atoms with Crippen molar-refractivity contribution in [1.82, 2.24) is 9.78 Å². The zero-order chi connectivity index (χ0) is 21.2. The Balaban J connectivity index is 2.07. The van der Waals surface area contributed by atoms with Crippen molar-refractivity contribution in [2.45, 2.75) is 32.5 Å². The molecule has 29 heavy (non-hydrogen) atoms. The zero-order valence-corrected chi connectivity index (χ0v) is 16.9. The number of halogens is 5. The molecule has 0 aliphatic heterocycles. The molecule has 1 heterocycles. The molecule has 0 aliphatic rings. The monoisotopic (exact) mass is 444 g/mol. The van der Waals surface area contributed by atoms with Gasteiger partial charge in [0.05, 0.1) is 24.2 Å².